The van der Waals surface area contributed by atoms with Crippen molar-refractivity contribution in [3.63, 3.8) is 0 Å². The number of halogens is 2. The molecule has 0 spiro atoms. The third-order valence-corrected chi connectivity index (χ3v) is 4.09. The van der Waals surface area contributed by atoms with Crippen LogP contribution in [0.25, 0.3) is 6.08 Å². The highest BCUT2D eigenvalue weighted by atomic mass is 19.3. The fourth-order valence-electron chi connectivity index (χ4n) is 1.94. The summed E-state index contributed by atoms with van der Waals surface area (Å²) in [6, 6.07) is 0. The molecule has 0 N–H and O–H groups in total. The molecule has 0 radical (unpaired) electrons. The lowest BCUT2D eigenvalue weighted by Gasteiger charge is -2.11. The van der Waals surface area contributed by atoms with Crippen LogP contribution in [0.4, 0.5) is 8.78 Å². The topological polar surface area (TPSA) is 25.8 Å². The minimum absolute atomic E-state index is 0.0688. The Morgan fingerprint density at radius 2 is 1.70 bits per heavy atom. The van der Waals surface area contributed by atoms with Crippen molar-refractivity contribution in [2.75, 3.05) is 0 Å². The first kappa shape index (κ1) is 21.7. The van der Waals surface area contributed by atoms with Gasteiger partial charge in [-0.2, -0.15) is 0 Å². The van der Waals surface area contributed by atoms with Crippen LogP contribution < -0.4 is 0 Å². The number of aryl methyl sites for hydroxylation is 2. The van der Waals surface area contributed by atoms with Gasteiger partial charge in [-0.15, -0.1) is 0 Å². The van der Waals surface area contributed by atoms with Crippen molar-refractivity contribution >= 4 is 6.08 Å². The number of aromatic nitrogens is 2. The fourth-order valence-corrected chi connectivity index (χ4v) is 1.94. The van der Waals surface area contributed by atoms with Crippen LogP contribution in [0.2, 0.25) is 0 Å². The van der Waals surface area contributed by atoms with Gasteiger partial charge in [-0.25, -0.2) is 8.78 Å². The monoisotopic (exact) mass is 326 g/mol. The number of alkyl halides is 2. The molecule has 4 heteroatoms. The molecule has 132 valence electrons. The summed E-state index contributed by atoms with van der Waals surface area (Å²) < 4.78 is 26.4. The molecule has 23 heavy (non-hydrogen) atoms. The summed E-state index contributed by atoms with van der Waals surface area (Å²) in [6.07, 6.45) is 5.95. The summed E-state index contributed by atoms with van der Waals surface area (Å²) >= 11 is 0. The normalized spacial score (nSPS) is 21.6. The van der Waals surface area contributed by atoms with Crippen LogP contribution in [0, 0.1) is 19.3 Å². The zero-order valence-corrected chi connectivity index (χ0v) is 15.9. The number of rotatable bonds is 3. The second-order valence-corrected chi connectivity index (χ2v) is 6.02. The minimum Gasteiger partial charge on any atom is -0.255 e. The van der Waals surface area contributed by atoms with Gasteiger partial charge in [-0.1, -0.05) is 46.1 Å². The quantitative estimate of drug-likeness (QED) is 0.644. The van der Waals surface area contributed by atoms with Crippen molar-refractivity contribution in [3.05, 3.63) is 28.9 Å². The van der Waals surface area contributed by atoms with E-state index in [4.69, 9.17) is 0 Å². The van der Waals surface area contributed by atoms with E-state index in [1.807, 2.05) is 27.7 Å². The standard InChI is InChI=1S/C13H16F2N2.C4H10.C2H6/c1-8(12(4)7-13(12,14)15)5-11-10(3)17-9(2)6-16-11;1-3-4-2;1-2/h5-6H,7H2,1-4H3;3-4H2,1-2H3;1-2H3/b8-5+;;. The third kappa shape index (κ3) is 5.67. The molecule has 1 aromatic heterocycles. The van der Waals surface area contributed by atoms with E-state index in [9.17, 15) is 8.78 Å². The van der Waals surface area contributed by atoms with Gasteiger partial charge in [-0.3, -0.25) is 9.97 Å². The number of hydrogen-bond acceptors (Lipinski definition) is 2. The molecule has 2 nitrogen and oxygen atoms in total. The smallest absolute Gasteiger partial charge is 0.255 e. The average Bonchev–Trinajstić information content (AvgIpc) is 3.04. The summed E-state index contributed by atoms with van der Waals surface area (Å²) in [5.41, 5.74) is 1.96. The maximum absolute atomic E-state index is 13.2. The van der Waals surface area contributed by atoms with Gasteiger partial charge in [0, 0.05) is 12.6 Å². The van der Waals surface area contributed by atoms with Crippen molar-refractivity contribution in [1.29, 1.82) is 0 Å². The van der Waals surface area contributed by atoms with E-state index in [0.717, 1.165) is 11.4 Å². The van der Waals surface area contributed by atoms with Gasteiger partial charge in [0.05, 0.1) is 22.5 Å². The molecule has 1 fully saturated rings. The Labute approximate surface area is 140 Å². The first-order chi connectivity index (χ1) is 10.7. The van der Waals surface area contributed by atoms with Gasteiger partial charge in [0.2, 0.25) is 0 Å². The number of nitrogens with zero attached hydrogens (tertiary/aromatic N) is 2. The van der Waals surface area contributed by atoms with E-state index < -0.39 is 11.3 Å². The number of unbranched alkanes of at least 4 members (excludes halogenated alkanes) is 1. The lowest BCUT2D eigenvalue weighted by atomic mass is 9.97. The van der Waals surface area contributed by atoms with Crippen LogP contribution in [0.5, 0.6) is 0 Å². The van der Waals surface area contributed by atoms with E-state index in [0.29, 0.717) is 11.3 Å². The summed E-state index contributed by atoms with van der Waals surface area (Å²) in [7, 11) is 0. The third-order valence-electron chi connectivity index (χ3n) is 4.09. The Kier molecular flexibility index (Phi) is 8.57. The Bertz CT molecular complexity index is 522. The highest BCUT2D eigenvalue weighted by Gasteiger charge is 2.68. The lowest BCUT2D eigenvalue weighted by molar-refractivity contribution is 0.0815. The molecule has 1 aliphatic carbocycles. The van der Waals surface area contributed by atoms with Crippen LogP contribution in [-0.2, 0) is 0 Å². The Morgan fingerprint density at radius 1 is 1.22 bits per heavy atom. The fraction of sp³-hybridized carbons (Fsp3) is 0.684. The van der Waals surface area contributed by atoms with Gasteiger partial charge in [0.15, 0.2) is 0 Å². The summed E-state index contributed by atoms with van der Waals surface area (Å²) in [6.45, 7) is 15.4. The molecule has 2 rings (SSSR count). The Morgan fingerprint density at radius 3 is 2.04 bits per heavy atom. The predicted octanol–water partition coefficient (Wildman–Crippen LogP) is 6.37. The van der Waals surface area contributed by atoms with Crippen LogP contribution in [0.1, 0.15) is 77.9 Å². The van der Waals surface area contributed by atoms with Crippen molar-refractivity contribution < 1.29 is 8.78 Å². The highest BCUT2D eigenvalue weighted by Crippen LogP contribution is 2.64. The molecular formula is C19H32F2N2. The SMILES string of the molecule is C/C(=C\c1ncc(C)nc1C)C1(C)CC1(F)F.CC.CCCC. The van der Waals surface area contributed by atoms with Gasteiger partial charge < -0.3 is 0 Å². The molecule has 1 aliphatic rings. The van der Waals surface area contributed by atoms with Gasteiger partial charge in [0.1, 0.15) is 0 Å². The summed E-state index contributed by atoms with van der Waals surface area (Å²) in [5.74, 6) is -2.57. The molecule has 0 aliphatic heterocycles. The van der Waals surface area contributed by atoms with Crippen LogP contribution in [0.15, 0.2) is 11.8 Å². The van der Waals surface area contributed by atoms with Crippen LogP contribution in [-0.4, -0.2) is 15.9 Å². The van der Waals surface area contributed by atoms with Gasteiger partial charge in [0.25, 0.3) is 5.92 Å². The molecule has 1 heterocycles. The van der Waals surface area contributed by atoms with Crippen molar-refractivity contribution in [2.45, 2.75) is 80.6 Å². The summed E-state index contributed by atoms with van der Waals surface area (Å²) in [4.78, 5) is 8.49. The second kappa shape index (κ2) is 9.09. The molecular weight excluding hydrogens is 294 g/mol. The summed E-state index contributed by atoms with van der Waals surface area (Å²) in [5, 5.41) is 0. The van der Waals surface area contributed by atoms with Crippen molar-refractivity contribution in [2.24, 2.45) is 5.41 Å². The van der Waals surface area contributed by atoms with Crippen LogP contribution >= 0.6 is 0 Å². The molecule has 0 bridgehead atoms. The molecule has 0 aromatic carbocycles. The molecule has 0 saturated heterocycles. The van der Waals surface area contributed by atoms with Crippen molar-refractivity contribution in [1.82, 2.24) is 9.97 Å². The molecule has 1 unspecified atom stereocenters. The average molecular weight is 326 g/mol. The van der Waals surface area contributed by atoms with Gasteiger partial charge in [-0.05, 0) is 33.8 Å². The first-order valence-electron chi connectivity index (χ1n) is 8.54. The highest BCUT2D eigenvalue weighted by molar-refractivity contribution is 5.54. The van der Waals surface area contributed by atoms with Crippen molar-refractivity contribution in [3.8, 4) is 0 Å². The molecule has 0 amide bonds. The Balaban J connectivity index is 0.000000705. The van der Waals surface area contributed by atoms with E-state index in [1.165, 1.54) is 12.8 Å². The van der Waals surface area contributed by atoms with E-state index in [-0.39, 0.29) is 6.42 Å². The molecule has 1 atom stereocenters. The predicted molar refractivity (Wildman–Crippen MR) is 94.8 cm³/mol. The number of hydrogen-bond donors (Lipinski definition) is 0. The zero-order valence-electron chi connectivity index (χ0n) is 15.9. The number of allylic oxidation sites excluding steroid dienone is 1. The molecule has 1 aromatic rings. The Hall–Kier alpha value is -1.32. The first-order valence-corrected chi connectivity index (χ1v) is 8.54. The second-order valence-electron chi connectivity index (χ2n) is 6.02. The maximum atomic E-state index is 13.2. The molecule has 1 saturated carbocycles. The van der Waals surface area contributed by atoms with E-state index >= 15 is 0 Å². The maximum Gasteiger partial charge on any atom is 0.258 e. The lowest BCUT2D eigenvalue weighted by Crippen LogP contribution is -2.08. The minimum atomic E-state index is -2.57. The zero-order chi connectivity index (χ0) is 18.3. The van der Waals surface area contributed by atoms with E-state index in [2.05, 4.69) is 23.8 Å². The largest absolute Gasteiger partial charge is 0.258 e. The van der Waals surface area contributed by atoms with Crippen LogP contribution in [0.3, 0.4) is 0 Å². The van der Waals surface area contributed by atoms with E-state index in [1.54, 1.807) is 26.1 Å². The van der Waals surface area contributed by atoms with Gasteiger partial charge >= 0.3 is 0 Å².